The Morgan fingerprint density at radius 3 is 2.89 bits per heavy atom. The lowest BCUT2D eigenvalue weighted by Gasteiger charge is -2.08. The van der Waals surface area contributed by atoms with Crippen molar-refractivity contribution >= 4 is 28.1 Å². The van der Waals surface area contributed by atoms with Crippen LogP contribution in [-0.4, -0.2) is 44.0 Å². The van der Waals surface area contributed by atoms with Crippen LogP contribution in [-0.2, 0) is 11.3 Å². The molecule has 0 fully saturated rings. The number of rotatable bonds is 7. The van der Waals surface area contributed by atoms with Crippen LogP contribution in [0.25, 0.3) is 11.4 Å². The molecule has 0 aliphatic carbocycles. The van der Waals surface area contributed by atoms with Crippen LogP contribution in [0.5, 0.6) is 11.5 Å². The van der Waals surface area contributed by atoms with Crippen molar-refractivity contribution in [3.05, 3.63) is 52.5 Å². The van der Waals surface area contributed by atoms with Gasteiger partial charge in [-0.05, 0) is 45.8 Å². The molecule has 0 radical (unpaired) electrons. The van der Waals surface area contributed by atoms with Crippen LogP contribution in [0.15, 0.2) is 52.0 Å². The monoisotopic (exact) mass is 444 g/mol. The second-order valence-electron chi connectivity index (χ2n) is 5.59. The molecule has 0 unspecified atom stereocenters. The van der Waals surface area contributed by atoms with Gasteiger partial charge in [-0.15, -0.1) is 10.2 Å². The maximum Gasteiger partial charge on any atom is 0.263 e. The molecule has 9 nitrogen and oxygen atoms in total. The van der Waals surface area contributed by atoms with Gasteiger partial charge in [-0.3, -0.25) is 4.79 Å². The number of hydrazone groups is 1. The van der Waals surface area contributed by atoms with Gasteiger partial charge in [0, 0.05) is 5.56 Å². The number of hydrogen-bond acceptors (Lipinski definition) is 7. The smallest absolute Gasteiger partial charge is 0.263 e. The van der Waals surface area contributed by atoms with E-state index in [1.165, 1.54) is 11.0 Å². The molecule has 28 heavy (non-hydrogen) atoms. The van der Waals surface area contributed by atoms with Crippen LogP contribution in [0, 0.1) is 0 Å². The second-order valence-corrected chi connectivity index (χ2v) is 6.44. The zero-order chi connectivity index (χ0) is 19.9. The number of hydrogen-bond donors (Lipinski definition) is 2. The fourth-order valence-electron chi connectivity index (χ4n) is 2.29. The lowest BCUT2D eigenvalue weighted by atomic mass is 10.2. The quantitative estimate of drug-likeness (QED) is 0.426. The summed E-state index contributed by atoms with van der Waals surface area (Å²) in [7, 11) is 0. The number of nitrogens with one attached hydrogen (secondary N) is 1. The van der Waals surface area contributed by atoms with E-state index in [4.69, 9.17) is 4.74 Å². The van der Waals surface area contributed by atoms with Gasteiger partial charge in [-0.2, -0.15) is 9.90 Å². The van der Waals surface area contributed by atoms with E-state index in [1.54, 1.807) is 12.1 Å². The summed E-state index contributed by atoms with van der Waals surface area (Å²) in [4.78, 5) is 13.2. The minimum Gasteiger partial charge on any atom is -0.503 e. The molecule has 3 aromatic rings. The summed E-state index contributed by atoms with van der Waals surface area (Å²) in [6, 6.07) is 12.6. The fourth-order valence-corrected chi connectivity index (χ4v) is 2.75. The standard InChI is InChI=1S/C18H17BrN6O3/c1-2-28-15-9-12(8-14(19)17(15)27)10-20-21-16(26)11-25-23-18(22-24-25)13-6-4-3-5-7-13/h3-10,27H,2,11H2,1H3,(H,21,26)/b20-10+. The number of benzene rings is 2. The molecule has 0 aliphatic rings. The minimum atomic E-state index is -0.406. The molecule has 2 aromatic carbocycles. The highest BCUT2D eigenvalue weighted by atomic mass is 79.9. The Morgan fingerprint density at radius 2 is 2.14 bits per heavy atom. The van der Waals surface area contributed by atoms with Gasteiger partial charge >= 0.3 is 0 Å². The molecule has 1 aromatic heterocycles. The van der Waals surface area contributed by atoms with Gasteiger partial charge in [0.15, 0.2) is 11.5 Å². The summed E-state index contributed by atoms with van der Waals surface area (Å²) in [6.07, 6.45) is 1.44. The van der Waals surface area contributed by atoms with Gasteiger partial charge in [0.05, 0.1) is 17.3 Å². The first kappa shape index (κ1) is 19.5. The minimum absolute atomic E-state index is 0.00881. The molecule has 0 spiro atoms. The Balaban J connectivity index is 1.60. The van der Waals surface area contributed by atoms with Gasteiger partial charge in [0.25, 0.3) is 5.91 Å². The third-order valence-corrected chi connectivity index (χ3v) is 4.13. The largest absolute Gasteiger partial charge is 0.503 e. The van der Waals surface area contributed by atoms with E-state index in [9.17, 15) is 9.90 Å². The molecular formula is C18H17BrN6O3. The average molecular weight is 445 g/mol. The van der Waals surface area contributed by atoms with Gasteiger partial charge in [0.2, 0.25) is 5.82 Å². The number of ether oxygens (including phenoxy) is 1. The van der Waals surface area contributed by atoms with E-state index in [2.05, 4.69) is 41.9 Å². The number of carbonyl (C=O) groups is 1. The van der Waals surface area contributed by atoms with Crippen molar-refractivity contribution < 1.29 is 14.6 Å². The van der Waals surface area contributed by atoms with Gasteiger partial charge < -0.3 is 9.84 Å². The topological polar surface area (TPSA) is 115 Å². The maximum absolute atomic E-state index is 12.0. The van der Waals surface area contributed by atoms with Crippen LogP contribution in [0.2, 0.25) is 0 Å². The van der Waals surface area contributed by atoms with Crippen molar-refractivity contribution in [3.8, 4) is 22.9 Å². The maximum atomic E-state index is 12.0. The van der Waals surface area contributed by atoms with Crippen molar-refractivity contribution in [2.24, 2.45) is 5.10 Å². The summed E-state index contributed by atoms with van der Waals surface area (Å²) < 4.78 is 5.81. The molecular weight excluding hydrogens is 428 g/mol. The molecule has 0 saturated carbocycles. The lowest BCUT2D eigenvalue weighted by molar-refractivity contribution is -0.122. The molecule has 0 saturated heterocycles. The first-order valence-electron chi connectivity index (χ1n) is 8.37. The summed E-state index contributed by atoms with van der Waals surface area (Å²) in [5, 5.41) is 25.8. The van der Waals surface area contributed by atoms with Crippen LogP contribution in [0.3, 0.4) is 0 Å². The number of carbonyl (C=O) groups excluding carboxylic acids is 1. The highest BCUT2D eigenvalue weighted by molar-refractivity contribution is 9.10. The van der Waals surface area contributed by atoms with Crippen LogP contribution in [0.1, 0.15) is 12.5 Å². The number of halogens is 1. The average Bonchev–Trinajstić information content (AvgIpc) is 3.15. The van der Waals surface area contributed by atoms with Crippen molar-refractivity contribution in [3.63, 3.8) is 0 Å². The van der Waals surface area contributed by atoms with E-state index in [0.717, 1.165) is 5.56 Å². The molecule has 10 heteroatoms. The summed E-state index contributed by atoms with van der Waals surface area (Å²) in [5.74, 6) is 0.366. The number of amides is 1. The molecule has 1 amide bonds. The predicted molar refractivity (Wildman–Crippen MR) is 106 cm³/mol. The van der Waals surface area contributed by atoms with E-state index in [1.807, 2.05) is 37.3 Å². The number of aromatic hydroxyl groups is 1. The third kappa shape index (κ3) is 4.92. The fraction of sp³-hybridized carbons (Fsp3) is 0.167. The van der Waals surface area contributed by atoms with Crippen molar-refractivity contribution in [2.75, 3.05) is 6.61 Å². The molecule has 1 heterocycles. The van der Waals surface area contributed by atoms with Crippen molar-refractivity contribution in [2.45, 2.75) is 13.5 Å². The molecule has 0 atom stereocenters. The van der Waals surface area contributed by atoms with E-state index >= 15 is 0 Å². The Kier molecular flexibility index (Phi) is 6.33. The Morgan fingerprint density at radius 1 is 1.36 bits per heavy atom. The van der Waals surface area contributed by atoms with Crippen LogP contribution >= 0.6 is 15.9 Å². The zero-order valence-corrected chi connectivity index (χ0v) is 16.5. The predicted octanol–water partition coefficient (Wildman–Crippen LogP) is 2.36. The highest BCUT2D eigenvalue weighted by Crippen LogP contribution is 2.35. The highest BCUT2D eigenvalue weighted by Gasteiger charge is 2.10. The van der Waals surface area contributed by atoms with Gasteiger partial charge in [-0.25, -0.2) is 5.43 Å². The Labute approximate surface area is 169 Å². The summed E-state index contributed by atoms with van der Waals surface area (Å²) in [6.45, 7) is 2.10. The van der Waals surface area contributed by atoms with Crippen molar-refractivity contribution in [1.29, 1.82) is 0 Å². The number of phenols is 1. The van der Waals surface area contributed by atoms with E-state index in [0.29, 0.717) is 28.2 Å². The zero-order valence-electron chi connectivity index (χ0n) is 14.9. The molecule has 0 bridgehead atoms. The number of nitrogens with zero attached hydrogens (tertiary/aromatic N) is 5. The first-order valence-corrected chi connectivity index (χ1v) is 9.16. The number of phenolic OH excluding ortho intramolecular Hbond substituents is 1. The van der Waals surface area contributed by atoms with E-state index in [-0.39, 0.29) is 12.3 Å². The molecule has 144 valence electrons. The van der Waals surface area contributed by atoms with Gasteiger partial charge in [0.1, 0.15) is 6.54 Å². The molecule has 2 N–H and O–H groups in total. The Hall–Kier alpha value is -3.27. The summed E-state index contributed by atoms with van der Waals surface area (Å²) >= 11 is 3.25. The molecule has 0 aliphatic heterocycles. The third-order valence-electron chi connectivity index (χ3n) is 3.52. The molecule has 3 rings (SSSR count). The number of tetrazole rings is 1. The number of aromatic nitrogens is 4. The lowest BCUT2D eigenvalue weighted by Crippen LogP contribution is -2.24. The van der Waals surface area contributed by atoms with Crippen molar-refractivity contribution in [1.82, 2.24) is 25.6 Å². The summed E-state index contributed by atoms with van der Waals surface area (Å²) in [5.41, 5.74) is 3.85. The second kappa shape index (κ2) is 9.09. The normalized spacial score (nSPS) is 10.9. The van der Waals surface area contributed by atoms with E-state index < -0.39 is 5.91 Å². The Bertz CT molecular complexity index is 990. The van der Waals surface area contributed by atoms with Crippen LogP contribution < -0.4 is 10.2 Å². The van der Waals surface area contributed by atoms with Gasteiger partial charge in [-0.1, -0.05) is 30.3 Å². The van der Waals surface area contributed by atoms with Crippen LogP contribution in [0.4, 0.5) is 0 Å². The first-order chi connectivity index (χ1) is 13.6. The SMILES string of the molecule is CCOc1cc(/C=N/NC(=O)Cn2nnc(-c3ccccc3)n2)cc(Br)c1O.